The third kappa shape index (κ3) is 1.75. The first-order valence-corrected chi connectivity index (χ1v) is 5.76. The maximum atomic E-state index is 9.98. The van der Waals surface area contributed by atoms with Gasteiger partial charge >= 0.3 is 0 Å². The molecule has 2 rings (SSSR count). The van der Waals surface area contributed by atoms with Gasteiger partial charge in [0.2, 0.25) is 0 Å². The molecule has 74 valence electrons. The van der Waals surface area contributed by atoms with Gasteiger partial charge in [-0.05, 0) is 33.4 Å². The van der Waals surface area contributed by atoms with Gasteiger partial charge < -0.3 is 5.11 Å². The Morgan fingerprint density at radius 3 is 2.86 bits per heavy atom. The zero-order chi connectivity index (χ0) is 10.1. The van der Waals surface area contributed by atoms with Gasteiger partial charge in [-0.15, -0.1) is 11.3 Å². The van der Waals surface area contributed by atoms with Crippen molar-refractivity contribution in [2.24, 2.45) is 7.05 Å². The summed E-state index contributed by atoms with van der Waals surface area (Å²) in [4.78, 5) is 0.892. The monoisotopic (exact) mass is 272 g/mol. The molecule has 1 N–H and O–H groups in total. The topological polar surface area (TPSA) is 38.0 Å². The van der Waals surface area contributed by atoms with Crippen LogP contribution in [0, 0.1) is 0 Å². The van der Waals surface area contributed by atoms with Crippen LogP contribution in [0.3, 0.4) is 0 Å². The van der Waals surface area contributed by atoms with Gasteiger partial charge in [0.25, 0.3) is 0 Å². The zero-order valence-electron chi connectivity index (χ0n) is 7.51. The minimum atomic E-state index is -0.634. The molecular formula is C9H9BrN2OS. The summed E-state index contributed by atoms with van der Waals surface area (Å²) >= 11 is 4.90. The number of thiophene rings is 1. The summed E-state index contributed by atoms with van der Waals surface area (Å²) < 4.78 is 2.61. The second-order valence-electron chi connectivity index (χ2n) is 2.95. The number of nitrogens with zero attached hydrogens (tertiary/aromatic N) is 2. The number of aliphatic hydroxyl groups is 1. The van der Waals surface area contributed by atoms with Crippen LogP contribution in [0.1, 0.15) is 16.7 Å². The molecule has 2 aromatic rings. The molecule has 0 radical (unpaired) electrons. The lowest BCUT2D eigenvalue weighted by Crippen LogP contribution is -2.00. The van der Waals surface area contributed by atoms with Gasteiger partial charge in [0, 0.05) is 17.7 Å². The molecule has 0 spiro atoms. The molecule has 0 saturated heterocycles. The maximum Gasteiger partial charge on any atom is 0.133 e. The fourth-order valence-corrected chi connectivity index (χ4v) is 2.80. The smallest absolute Gasteiger partial charge is 0.133 e. The largest absolute Gasteiger partial charge is 0.381 e. The van der Waals surface area contributed by atoms with Crippen molar-refractivity contribution in [2.45, 2.75) is 6.10 Å². The van der Waals surface area contributed by atoms with E-state index in [0.717, 1.165) is 9.35 Å². The maximum absolute atomic E-state index is 9.98. The van der Waals surface area contributed by atoms with Gasteiger partial charge in [-0.25, -0.2) is 0 Å². The van der Waals surface area contributed by atoms with Crippen LogP contribution >= 0.6 is 27.3 Å². The fourth-order valence-electron chi connectivity index (χ4n) is 1.21. The fraction of sp³-hybridized carbons (Fsp3) is 0.222. The van der Waals surface area contributed by atoms with E-state index in [4.69, 9.17) is 0 Å². The first kappa shape index (κ1) is 9.89. The minimum Gasteiger partial charge on any atom is -0.381 e. The van der Waals surface area contributed by atoms with Crippen molar-refractivity contribution < 1.29 is 5.11 Å². The minimum absolute atomic E-state index is 0.634. The summed E-state index contributed by atoms with van der Waals surface area (Å²) in [6, 6.07) is 3.74. The van der Waals surface area contributed by atoms with Crippen LogP contribution in [0.5, 0.6) is 0 Å². The van der Waals surface area contributed by atoms with Crippen LogP contribution < -0.4 is 0 Å². The second kappa shape index (κ2) is 3.84. The van der Waals surface area contributed by atoms with E-state index in [1.807, 2.05) is 30.8 Å². The highest BCUT2D eigenvalue weighted by Gasteiger charge is 2.16. The first-order valence-electron chi connectivity index (χ1n) is 4.09. The highest BCUT2D eigenvalue weighted by atomic mass is 79.9. The molecule has 0 fully saturated rings. The van der Waals surface area contributed by atoms with Crippen LogP contribution in [-0.2, 0) is 7.05 Å². The summed E-state index contributed by atoms with van der Waals surface area (Å²) in [6.45, 7) is 0. The average Bonchev–Trinajstić information content (AvgIpc) is 2.73. The van der Waals surface area contributed by atoms with E-state index in [2.05, 4.69) is 21.0 Å². The highest BCUT2D eigenvalue weighted by Crippen LogP contribution is 2.32. The molecule has 0 aliphatic heterocycles. The normalized spacial score (nSPS) is 13.1. The molecule has 14 heavy (non-hydrogen) atoms. The Morgan fingerprint density at radius 2 is 2.36 bits per heavy atom. The lowest BCUT2D eigenvalue weighted by atomic mass is 10.2. The molecule has 2 heterocycles. The summed E-state index contributed by atoms with van der Waals surface area (Å²) in [5.74, 6) is 0. The molecule has 3 nitrogen and oxygen atoms in total. The highest BCUT2D eigenvalue weighted by molar-refractivity contribution is 9.10. The Labute approximate surface area is 94.1 Å². The third-order valence-corrected chi connectivity index (χ3v) is 3.83. The number of aliphatic hydroxyl groups excluding tert-OH is 1. The molecule has 0 aliphatic rings. The van der Waals surface area contributed by atoms with Crippen LogP contribution in [0.25, 0.3) is 0 Å². The molecule has 1 unspecified atom stereocenters. The Bertz CT molecular complexity index is 437. The number of hydrogen-bond donors (Lipinski definition) is 1. The molecule has 0 bridgehead atoms. The summed E-state index contributed by atoms with van der Waals surface area (Å²) in [5.41, 5.74) is 0.677. The Balaban J connectivity index is 2.33. The van der Waals surface area contributed by atoms with Crippen LogP contribution in [0.15, 0.2) is 28.2 Å². The number of hydrogen-bond acceptors (Lipinski definition) is 3. The van der Waals surface area contributed by atoms with E-state index in [9.17, 15) is 5.11 Å². The Hall–Kier alpha value is -0.650. The van der Waals surface area contributed by atoms with E-state index >= 15 is 0 Å². The quantitative estimate of drug-likeness (QED) is 0.911. The van der Waals surface area contributed by atoms with E-state index in [1.165, 1.54) is 11.3 Å². The number of rotatable bonds is 2. The lowest BCUT2D eigenvalue weighted by molar-refractivity contribution is 0.217. The van der Waals surface area contributed by atoms with Crippen LogP contribution in [0.4, 0.5) is 0 Å². The van der Waals surface area contributed by atoms with Gasteiger partial charge in [0.05, 0.1) is 10.6 Å². The van der Waals surface area contributed by atoms with Crippen molar-refractivity contribution in [3.63, 3.8) is 0 Å². The molecule has 0 amide bonds. The van der Waals surface area contributed by atoms with Gasteiger partial charge in [-0.1, -0.05) is 0 Å². The molecular weight excluding hydrogens is 264 g/mol. The summed E-state index contributed by atoms with van der Waals surface area (Å²) in [6.07, 6.45) is 1.19. The summed E-state index contributed by atoms with van der Waals surface area (Å²) in [5, 5.41) is 16.1. The predicted octanol–water partition coefficient (Wildman–Crippen LogP) is 2.33. The lowest BCUT2D eigenvalue weighted by Gasteiger charge is -2.05. The Kier molecular flexibility index (Phi) is 2.71. The van der Waals surface area contributed by atoms with Gasteiger partial charge in [0.15, 0.2) is 0 Å². The molecule has 0 aliphatic carbocycles. The second-order valence-corrected chi connectivity index (χ2v) is 4.75. The average molecular weight is 273 g/mol. The van der Waals surface area contributed by atoms with Crippen molar-refractivity contribution in [3.05, 3.63) is 38.8 Å². The van der Waals surface area contributed by atoms with Crippen molar-refractivity contribution in [3.8, 4) is 0 Å². The molecule has 0 aromatic carbocycles. The zero-order valence-corrected chi connectivity index (χ0v) is 9.92. The van der Waals surface area contributed by atoms with Crippen molar-refractivity contribution >= 4 is 27.3 Å². The predicted molar refractivity (Wildman–Crippen MR) is 59.3 cm³/mol. The molecule has 2 aromatic heterocycles. The van der Waals surface area contributed by atoms with Crippen LogP contribution in [-0.4, -0.2) is 14.9 Å². The van der Waals surface area contributed by atoms with Crippen molar-refractivity contribution in [2.75, 3.05) is 0 Å². The SMILES string of the molecule is Cn1ccc(C(O)c2sccc2Br)n1. The van der Waals surface area contributed by atoms with Crippen molar-refractivity contribution in [1.29, 1.82) is 0 Å². The standard InChI is InChI=1S/C9H9BrN2OS/c1-12-4-2-7(11-12)8(13)9-6(10)3-5-14-9/h2-5,8,13H,1H3. The van der Waals surface area contributed by atoms with Gasteiger partial charge in [-0.3, -0.25) is 4.68 Å². The molecule has 0 saturated carbocycles. The van der Waals surface area contributed by atoms with E-state index in [-0.39, 0.29) is 0 Å². The third-order valence-electron chi connectivity index (χ3n) is 1.91. The van der Waals surface area contributed by atoms with Crippen LogP contribution in [0.2, 0.25) is 0 Å². The van der Waals surface area contributed by atoms with Gasteiger partial charge in [-0.2, -0.15) is 5.10 Å². The Morgan fingerprint density at radius 1 is 1.57 bits per heavy atom. The summed E-state index contributed by atoms with van der Waals surface area (Å²) in [7, 11) is 1.83. The van der Waals surface area contributed by atoms with Crippen molar-refractivity contribution in [1.82, 2.24) is 9.78 Å². The first-order chi connectivity index (χ1) is 6.68. The molecule has 1 atom stereocenters. The van der Waals surface area contributed by atoms with Gasteiger partial charge in [0.1, 0.15) is 6.10 Å². The van der Waals surface area contributed by atoms with E-state index in [0.29, 0.717) is 5.69 Å². The van der Waals surface area contributed by atoms with E-state index in [1.54, 1.807) is 4.68 Å². The van der Waals surface area contributed by atoms with E-state index < -0.39 is 6.10 Å². The molecule has 5 heteroatoms. The number of aryl methyl sites for hydroxylation is 1. The number of aromatic nitrogens is 2. The number of halogens is 1.